The number of benzene rings is 1. The zero-order chi connectivity index (χ0) is 13.9. The van der Waals surface area contributed by atoms with Crippen LogP contribution in [-0.2, 0) is 11.3 Å². The Morgan fingerprint density at radius 1 is 1.35 bits per heavy atom. The van der Waals surface area contributed by atoms with Crippen molar-refractivity contribution in [1.82, 2.24) is 4.90 Å². The molecule has 5 heteroatoms. The topological polar surface area (TPSA) is 46.3 Å². The van der Waals surface area contributed by atoms with E-state index in [-0.39, 0.29) is 23.7 Å². The van der Waals surface area contributed by atoms with Gasteiger partial charge in [-0.3, -0.25) is 4.79 Å². The Morgan fingerprint density at radius 2 is 1.95 bits per heavy atom. The highest BCUT2D eigenvalue weighted by Gasteiger charge is 2.41. The number of nitrogens with two attached hydrogens (primary N) is 1. The van der Waals surface area contributed by atoms with E-state index in [9.17, 15) is 4.79 Å². The molecule has 2 N–H and O–H groups in total. The highest BCUT2D eigenvalue weighted by Crippen LogP contribution is 2.39. The van der Waals surface area contributed by atoms with E-state index in [1.165, 1.54) is 0 Å². The highest BCUT2D eigenvalue weighted by molar-refractivity contribution is 9.10. The van der Waals surface area contributed by atoms with Crippen LogP contribution in [0, 0.1) is 5.41 Å². The summed E-state index contributed by atoms with van der Waals surface area (Å²) in [6.07, 6.45) is 4.10. The average molecular weight is 362 g/mol. The van der Waals surface area contributed by atoms with Crippen LogP contribution in [-0.4, -0.2) is 24.4 Å². The molecular weight excluding hydrogens is 340 g/mol. The molecule has 0 saturated heterocycles. The first-order chi connectivity index (χ1) is 9.09. The second-order valence-corrected chi connectivity index (χ2v) is 6.30. The van der Waals surface area contributed by atoms with Gasteiger partial charge in [-0.15, -0.1) is 12.4 Å². The van der Waals surface area contributed by atoms with Crippen molar-refractivity contribution in [2.45, 2.75) is 32.2 Å². The maximum atomic E-state index is 12.6. The summed E-state index contributed by atoms with van der Waals surface area (Å²) in [4.78, 5) is 14.5. The van der Waals surface area contributed by atoms with Gasteiger partial charge in [0, 0.05) is 24.6 Å². The summed E-state index contributed by atoms with van der Waals surface area (Å²) in [6.45, 7) is 1.09. The lowest BCUT2D eigenvalue weighted by molar-refractivity contribution is -0.140. The van der Waals surface area contributed by atoms with Gasteiger partial charge in [0.25, 0.3) is 0 Å². The molecule has 20 heavy (non-hydrogen) atoms. The van der Waals surface area contributed by atoms with Gasteiger partial charge in [0.2, 0.25) is 5.91 Å². The zero-order valence-electron chi connectivity index (χ0n) is 11.8. The Hall–Kier alpha value is -0.580. The molecule has 1 saturated carbocycles. The molecule has 112 valence electrons. The maximum absolute atomic E-state index is 12.6. The quantitative estimate of drug-likeness (QED) is 0.894. The van der Waals surface area contributed by atoms with Crippen LogP contribution in [0.1, 0.15) is 31.2 Å². The van der Waals surface area contributed by atoms with Crippen LogP contribution in [0.3, 0.4) is 0 Å². The van der Waals surface area contributed by atoms with Crippen LogP contribution < -0.4 is 5.73 Å². The number of nitrogens with zero attached hydrogens (tertiary/aromatic N) is 1. The van der Waals surface area contributed by atoms with E-state index in [2.05, 4.69) is 15.9 Å². The Labute approximate surface area is 135 Å². The van der Waals surface area contributed by atoms with Crippen molar-refractivity contribution in [1.29, 1.82) is 0 Å². The summed E-state index contributed by atoms with van der Waals surface area (Å²) in [7, 11) is 1.87. The van der Waals surface area contributed by atoms with Crippen molar-refractivity contribution in [3.63, 3.8) is 0 Å². The van der Waals surface area contributed by atoms with E-state index in [1.807, 2.05) is 36.2 Å². The molecule has 0 unspecified atom stereocenters. The molecule has 0 atom stereocenters. The minimum Gasteiger partial charge on any atom is -0.341 e. The third-order valence-electron chi connectivity index (χ3n) is 4.12. The molecule has 0 heterocycles. The van der Waals surface area contributed by atoms with Gasteiger partial charge in [-0.05, 0) is 24.5 Å². The van der Waals surface area contributed by atoms with Crippen LogP contribution in [0.2, 0.25) is 0 Å². The molecule has 0 aromatic heterocycles. The first-order valence-electron chi connectivity index (χ1n) is 6.78. The van der Waals surface area contributed by atoms with Gasteiger partial charge in [0.05, 0.1) is 5.41 Å². The SMILES string of the molecule is CN(Cc1ccccc1Br)C(=O)C1(CN)CCCC1.Cl. The summed E-state index contributed by atoms with van der Waals surface area (Å²) in [5, 5.41) is 0. The van der Waals surface area contributed by atoms with Gasteiger partial charge in [-0.25, -0.2) is 0 Å². The van der Waals surface area contributed by atoms with Crippen molar-refractivity contribution in [2.24, 2.45) is 11.1 Å². The van der Waals surface area contributed by atoms with Gasteiger partial charge in [-0.1, -0.05) is 47.0 Å². The third kappa shape index (κ3) is 3.54. The molecule has 0 bridgehead atoms. The summed E-state index contributed by atoms with van der Waals surface area (Å²) >= 11 is 3.53. The molecule has 1 amide bonds. The highest BCUT2D eigenvalue weighted by atomic mass is 79.9. The molecule has 1 fully saturated rings. The number of amides is 1. The second-order valence-electron chi connectivity index (χ2n) is 5.44. The fourth-order valence-corrected chi connectivity index (χ4v) is 3.33. The fraction of sp³-hybridized carbons (Fsp3) is 0.533. The average Bonchev–Trinajstić information content (AvgIpc) is 2.90. The zero-order valence-corrected chi connectivity index (χ0v) is 14.2. The van der Waals surface area contributed by atoms with E-state index in [0.717, 1.165) is 35.7 Å². The van der Waals surface area contributed by atoms with E-state index >= 15 is 0 Å². The molecule has 1 aliphatic rings. The van der Waals surface area contributed by atoms with Gasteiger partial charge < -0.3 is 10.6 Å². The van der Waals surface area contributed by atoms with Gasteiger partial charge in [-0.2, -0.15) is 0 Å². The minimum atomic E-state index is -0.310. The van der Waals surface area contributed by atoms with E-state index in [4.69, 9.17) is 5.73 Å². The van der Waals surface area contributed by atoms with Crippen LogP contribution in [0.5, 0.6) is 0 Å². The maximum Gasteiger partial charge on any atom is 0.230 e. The predicted molar refractivity (Wildman–Crippen MR) is 87.8 cm³/mol. The van der Waals surface area contributed by atoms with Crippen LogP contribution in [0.25, 0.3) is 0 Å². The molecule has 1 aliphatic carbocycles. The van der Waals surface area contributed by atoms with Gasteiger partial charge in [0.1, 0.15) is 0 Å². The fourth-order valence-electron chi connectivity index (χ4n) is 2.92. The molecule has 0 aliphatic heterocycles. The molecule has 0 radical (unpaired) electrons. The first-order valence-corrected chi connectivity index (χ1v) is 7.57. The standard InChI is InChI=1S/C15H21BrN2O.ClH/c1-18(10-12-6-2-3-7-13(12)16)14(19)15(11-17)8-4-5-9-15;/h2-3,6-7H,4-5,8-11,17H2,1H3;1H. The molecule has 1 aromatic rings. The number of halogens is 2. The summed E-state index contributed by atoms with van der Waals surface area (Å²) in [5.74, 6) is 0.197. The van der Waals surface area contributed by atoms with E-state index < -0.39 is 0 Å². The van der Waals surface area contributed by atoms with Crippen molar-refractivity contribution in [3.8, 4) is 0 Å². The van der Waals surface area contributed by atoms with Crippen LogP contribution >= 0.6 is 28.3 Å². The number of carbonyl (C=O) groups excluding carboxylic acids is 1. The van der Waals surface area contributed by atoms with Gasteiger partial charge >= 0.3 is 0 Å². The Balaban J connectivity index is 0.00000200. The number of rotatable bonds is 4. The lowest BCUT2D eigenvalue weighted by atomic mass is 9.84. The smallest absolute Gasteiger partial charge is 0.230 e. The second kappa shape index (κ2) is 7.43. The van der Waals surface area contributed by atoms with Crippen molar-refractivity contribution in [3.05, 3.63) is 34.3 Å². The van der Waals surface area contributed by atoms with Gasteiger partial charge in [0.15, 0.2) is 0 Å². The summed E-state index contributed by atoms with van der Waals surface area (Å²) in [6, 6.07) is 8.01. The first kappa shape index (κ1) is 17.5. The number of hydrogen-bond donors (Lipinski definition) is 1. The largest absolute Gasteiger partial charge is 0.341 e. The molecule has 2 rings (SSSR count). The number of hydrogen-bond acceptors (Lipinski definition) is 2. The molecule has 1 aromatic carbocycles. The molecular formula is C15H22BrClN2O. The lowest BCUT2D eigenvalue weighted by Crippen LogP contribution is -2.44. The van der Waals surface area contributed by atoms with Crippen LogP contribution in [0.4, 0.5) is 0 Å². The van der Waals surface area contributed by atoms with Crippen molar-refractivity contribution < 1.29 is 4.79 Å². The Morgan fingerprint density at radius 3 is 2.50 bits per heavy atom. The Bertz CT molecular complexity index is 461. The normalized spacial score (nSPS) is 16.6. The van der Waals surface area contributed by atoms with E-state index in [1.54, 1.807) is 0 Å². The van der Waals surface area contributed by atoms with E-state index in [0.29, 0.717) is 13.1 Å². The number of carbonyl (C=O) groups is 1. The van der Waals surface area contributed by atoms with Crippen molar-refractivity contribution >= 4 is 34.2 Å². The van der Waals surface area contributed by atoms with Crippen molar-refractivity contribution in [2.75, 3.05) is 13.6 Å². The van der Waals surface area contributed by atoms with Crippen LogP contribution in [0.15, 0.2) is 28.7 Å². The predicted octanol–water partition coefficient (Wildman–Crippen LogP) is 3.35. The molecule has 3 nitrogen and oxygen atoms in total. The third-order valence-corrected chi connectivity index (χ3v) is 4.89. The lowest BCUT2D eigenvalue weighted by Gasteiger charge is -2.31. The summed E-state index contributed by atoms with van der Waals surface area (Å²) < 4.78 is 1.04. The molecule has 0 spiro atoms. The summed E-state index contributed by atoms with van der Waals surface area (Å²) in [5.41, 5.74) is 6.69. The Kier molecular flexibility index (Phi) is 6.49. The monoisotopic (exact) mass is 360 g/mol. The minimum absolute atomic E-state index is 0.